The molecule has 0 fully saturated rings. The Morgan fingerprint density at radius 3 is 2.75 bits per heavy atom. The van der Waals surface area contributed by atoms with Gasteiger partial charge in [-0.05, 0) is 18.6 Å². The minimum atomic E-state index is 0.518. The van der Waals surface area contributed by atoms with Gasteiger partial charge in [0.15, 0.2) is 5.69 Å². The maximum absolute atomic E-state index is 6.85. The Morgan fingerprint density at radius 1 is 1.31 bits per heavy atom. The summed E-state index contributed by atoms with van der Waals surface area (Å²) in [4.78, 5) is 3.30. The standard InChI is InChI=1S/C13H16ClNO/c1-3-4-5-6-9-16-13-8-7-11(15-2)10-12(13)14/h7-8,10H,3-6,9H2,1H3. The molecule has 0 aliphatic carbocycles. The Morgan fingerprint density at radius 2 is 2.12 bits per heavy atom. The largest absolute Gasteiger partial charge is 0.492 e. The second kappa shape index (κ2) is 7.14. The predicted octanol–water partition coefficient (Wildman–Crippen LogP) is 4.85. The van der Waals surface area contributed by atoms with Gasteiger partial charge in [-0.15, -0.1) is 0 Å². The molecule has 0 saturated carbocycles. The molecule has 86 valence electrons. The second-order valence-corrected chi connectivity index (χ2v) is 4.04. The van der Waals surface area contributed by atoms with E-state index in [0.717, 1.165) is 6.42 Å². The Labute approximate surface area is 102 Å². The van der Waals surface area contributed by atoms with Crippen LogP contribution in [0, 0.1) is 6.57 Å². The molecule has 3 heteroatoms. The number of rotatable bonds is 6. The molecule has 1 aromatic carbocycles. The summed E-state index contributed by atoms with van der Waals surface area (Å²) in [6.07, 6.45) is 4.71. The van der Waals surface area contributed by atoms with E-state index in [2.05, 4.69) is 11.8 Å². The first kappa shape index (κ1) is 12.9. The summed E-state index contributed by atoms with van der Waals surface area (Å²) in [5.41, 5.74) is 0.545. The lowest BCUT2D eigenvalue weighted by molar-refractivity contribution is 0.305. The van der Waals surface area contributed by atoms with Gasteiger partial charge in [-0.3, -0.25) is 0 Å². The van der Waals surface area contributed by atoms with Gasteiger partial charge in [0.05, 0.1) is 18.2 Å². The molecular weight excluding hydrogens is 222 g/mol. The molecule has 0 unspecified atom stereocenters. The van der Waals surface area contributed by atoms with Gasteiger partial charge < -0.3 is 4.74 Å². The Bertz CT molecular complexity index is 371. The van der Waals surface area contributed by atoms with Crippen LogP contribution in [-0.2, 0) is 0 Å². The number of hydrogen-bond acceptors (Lipinski definition) is 1. The highest BCUT2D eigenvalue weighted by molar-refractivity contribution is 6.32. The molecule has 1 aromatic rings. The van der Waals surface area contributed by atoms with Crippen LogP contribution in [-0.4, -0.2) is 6.61 Å². The molecule has 0 aliphatic rings. The number of ether oxygens (including phenoxy) is 1. The van der Waals surface area contributed by atoms with Gasteiger partial charge in [0.25, 0.3) is 0 Å². The van der Waals surface area contributed by atoms with Crippen LogP contribution in [0.3, 0.4) is 0 Å². The van der Waals surface area contributed by atoms with E-state index in [4.69, 9.17) is 22.9 Å². The summed E-state index contributed by atoms with van der Waals surface area (Å²) in [6.45, 7) is 9.72. The molecule has 0 saturated heterocycles. The molecular formula is C13H16ClNO. The van der Waals surface area contributed by atoms with Crippen LogP contribution in [0.1, 0.15) is 32.6 Å². The van der Waals surface area contributed by atoms with E-state index in [-0.39, 0.29) is 0 Å². The van der Waals surface area contributed by atoms with E-state index in [1.807, 2.05) is 0 Å². The first-order chi connectivity index (χ1) is 7.77. The number of halogens is 1. The van der Waals surface area contributed by atoms with Crippen molar-refractivity contribution in [1.82, 2.24) is 0 Å². The van der Waals surface area contributed by atoms with Crippen molar-refractivity contribution < 1.29 is 4.74 Å². The monoisotopic (exact) mass is 237 g/mol. The molecule has 0 radical (unpaired) electrons. The summed E-state index contributed by atoms with van der Waals surface area (Å²) in [5.74, 6) is 0.672. The van der Waals surface area contributed by atoms with E-state index in [9.17, 15) is 0 Å². The van der Waals surface area contributed by atoms with E-state index in [1.165, 1.54) is 19.3 Å². The molecule has 16 heavy (non-hydrogen) atoms. The molecule has 0 atom stereocenters. The van der Waals surface area contributed by atoms with Crippen LogP contribution in [0.2, 0.25) is 5.02 Å². The maximum atomic E-state index is 6.85. The molecule has 0 bridgehead atoms. The zero-order chi connectivity index (χ0) is 11.8. The Kier molecular flexibility index (Phi) is 5.74. The highest BCUT2D eigenvalue weighted by Gasteiger charge is 2.02. The lowest BCUT2D eigenvalue weighted by atomic mass is 10.2. The van der Waals surface area contributed by atoms with Gasteiger partial charge in [-0.1, -0.05) is 43.9 Å². The first-order valence-corrected chi connectivity index (χ1v) is 5.95. The van der Waals surface area contributed by atoms with E-state index < -0.39 is 0 Å². The van der Waals surface area contributed by atoms with Crippen molar-refractivity contribution in [3.63, 3.8) is 0 Å². The third-order valence-corrected chi connectivity index (χ3v) is 2.60. The van der Waals surface area contributed by atoms with Crippen LogP contribution >= 0.6 is 11.6 Å². The molecule has 0 amide bonds. The minimum Gasteiger partial charge on any atom is -0.492 e. The van der Waals surface area contributed by atoms with Crippen LogP contribution in [0.25, 0.3) is 4.85 Å². The number of unbranched alkanes of at least 4 members (excludes halogenated alkanes) is 3. The molecule has 0 heterocycles. The van der Waals surface area contributed by atoms with Crippen LogP contribution in [0.5, 0.6) is 5.75 Å². The maximum Gasteiger partial charge on any atom is 0.188 e. The van der Waals surface area contributed by atoms with Gasteiger partial charge in [-0.25, -0.2) is 4.85 Å². The quantitative estimate of drug-likeness (QED) is 0.509. The topological polar surface area (TPSA) is 13.6 Å². The van der Waals surface area contributed by atoms with Crippen molar-refractivity contribution in [2.45, 2.75) is 32.6 Å². The average molecular weight is 238 g/mol. The number of hydrogen-bond donors (Lipinski definition) is 0. The van der Waals surface area contributed by atoms with E-state index in [0.29, 0.717) is 23.1 Å². The van der Waals surface area contributed by atoms with Crippen molar-refractivity contribution >= 4 is 17.3 Å². The van der Waals surface area contributed by atoms with Crippen molar-refractivity contribution in [3.8, 4) is 5.75 Å². The smallest absolute Gasteiger partial charge is 0.188 e. The number of nitrogens with zero attached hydrogens (tertiary/aromatic N) is 1. The van der Waals surface area contributed by atoms with Crippen LogP contribution < -0.4 is 4.74 Å². The molecule has 0 spiro atoms. The summed E-state index contributed by atoms with van der Waals surface area (Å²) in [6, 6.07) is 5.12. The fourth-order valence-corrected chi connectivity index (χ4v) is 1.62. The molecule has 1 rings (SSSR count). The lowest BCUT2D eigenvalue weighted by Gasteiger charge is -2.07. The van der Waals surface area contributed by atoms with Gasteiger partial charge in [0.2, 0.25) is 0 Å². The minimum absolute atomic E-state index is 0.518. The summed E-state index contributed by atoms with van der Waals surface area (Å²) < 4.78 is 5.55. The van der Waals surface area contributed by atoms with Gasteiger partial charge >= 0.3 is 0 Å². The third kappa shape index (κ3) is 4.12. The fraction of sp³-hybridized carbons (Fsp3) is 0.462. The normalized spacial score (nSPS) is 9.81. The highest BCUT2D eigenvalue weighted by atomic mass is 35.5. The lowest BCUT2D eigenvalue weighted by Crippen LogP contribution is -1.97. The molecule has 2 nitrogen and oxygen atoms in total. The molecule has 0 N–H and O–H groups in total. The number of benzene rings is 1. The average Bonchev–Trinajstić information content (AvgIpc) is 2.30. The fourth-order valence-electron chi connectivity index (χ4n) is 1.39. The second-order valence-electron chi connectivity index (χ2n) is 3.64. The highest BCUT2D eigenvalue weighted by Crippen LogP contribution is 2.29. The van der Waals surface area contributed by atoms with Crippen molar-refractivity contribution in [2.75, 3.05) is 6.61 Å². The first-order valence-electron chi connectivity index (χ1n) is 5.57. The van der Waals surface area contributed by atoms with Crippen molar-refractivity contribution in [3.05, 3.63) is 34.6 Å². The summed E-state index contributed by atoms with van der Waals surface area (Å²) in [5, 5.41) is 0.518. The van der Waals surface area contributed by atoms with E-state index >= 15 is 0 Å². The molecule has 0 aromatic heterocycles. The predicted molar refractivity (Wildman–Crippen MR) is 67.4 cm³/mol. The van der Waals surface area contributed by atoms with E-state index in [1.54, 1.807) is 18.2 Å². The van der Waals surface area contributed by atoms with Crippen molar-refractivity contribution in [1.29, 1.82) is 0 Å². The summed E-state index contributed by atoms with van der Waals surface area (Å²) in [7, 11) is 0. The van der Waals surface area contributed by atoms with Gasteiger partial charge in [0, 0.05) is 0 Å². The zero-order valence-corrected chi connectivity index (χ0v) is 10.3. The van der Waals surface area contributed by atoms with Crippen LogP contribution in [0.15, 0.2) is 18.2 Å². The SMILES string of the molecule is [C-]#[N+]c1ccc(OCCCCCC)c(Cl)c1. The Balaban J connectivity index is 2.40. The van der Waals surface area contributed by atoms with Crippen molar-refractivity contribution in [2.24, 2.45) is 0 Å². The summed E-state index contributed by atoms with van der Waals surface area (Å²) >= 11 is 5.98. The Hall–Kier alpha value is -1.20. The zero-order valence-electron chi connectivity index (χ0n) is 9.50. The third-order valence-electron chi connectivity index (χ3n) is 2.30. The van der Waals surface area contributed by atoms with Gasteiger partial charge in [0.1, 0.15) is 5.75 Å². The van der Waals surface area contributed by atoms with Crippen LogP contribution in [0.4, 0.5) is 5.69 Å². The van der Waals surface area contributed by atoms with Gasteiger partial charge in [-0.2, -0.15) is 0 Å². The molecule has 0 aliphatic heterocycles.